The zero-order valence-electron chi connectivity index (χ0n) is 15.4. The number of hydrogen-bond acceptors (Lipinski definition) is 5. The third-order valence-corrected chi connectivity index (χ3v) is 5.42. The van der Waals surface area contributed by atoms with E-state index in [1.807, 2.05) is 53.3 Å². The first kappa shape index (κ1) is 16.1. The number of anilines is 1. The number of fused-ring (bicyclic) bond motifs is 3. The smallest absolute Gasteiger partial charge is 0.226 e. The maximum Gasteiger partial charge on any atom is 0.226 e. The molecule has 2 aliphatic rings. The van der Waals surface area contributed by atoms with Crippen LogP contribution in [0.5, 0.6) is 5.75 Å². The number of benzene rings is 2. The Morgan fingerprint density at radius 3 is 2.59 bits per heavy atom. The molecule has 0 amide bonds. The number of rotatable bonds is 2. The molecule has 2 aliphatic heterocycles. The van der Waals surface area contributed by atoms with Gasteiger partial charge in [0.25, 0.3) is 0 Å². The normalized spacial score (nSPS) is 19.4. The number of ether oxygens (including phenoxy) is 1. The summed E-state index contributed by atoms with van der Waals surface area (Å²) < 4.78 is 8.46. The van der Waals surface area contributed by atoms with Crippen molar-refractivity contribution >= 4 is 11.6 Å². The summed E-state index contributed by atoms with van der Waals surface area (Å²) >= 11 is 0. The zero-order valence-corrected chi connectivity index (χ0v) is 15.4. The van der Waals surface area contributed by atoms with Crippen molar-refractivity contribution in [3.63, 3.8) is 0 Å². The molecular formula is C23H17N5O. The predicted octanol–water partition coefficient (Wildman–Crippen LogP) is 4.23. The highest BCUT2D eigenvalue weighted by molar-refractivity contribution is 5.85. The van der Waals surface area contributed by atoms with Gasteiger partial charge in [0.15, 0.2) is 0 Å². The summed E-state index contributed by atoms with van der Waals surface area (Å²) in [5, 5.41) is 8.02. The Hall–Kier alpha value is -3.93. The van der Waals surface area contributed by atoms with Crippen LogP contribution < -0.4 is 10.1 Å². The summed E-state index contributed by atoms with van der Waals surface area (Å²) in [4.78, 5) is 8.79. The lowest BCUT2D eigenvalue weighted by Crippen LogP contribution is -2.32. The van der Waals surface area contributed by atoms with Gasteiger partial charge in [-0.2, -0.15) is 10.1 Å². The van der Waals surface area contributed by atoms with Crippen LogP contribution in [0.15, 0.2) is 91.0 Å². The van der Waals surface area contributed by atoms with Gasteiger partial charge in [-0.15, -0.1) is 0 Å². The summed E-state index contributed by atoms with van der Waals surface area (Å²) in [6.45, 7) is 0. The molecule has 2 aromatic heterocycles. The van der Waals surface area contributed by atoms with Crippen LogP contribution >= 0.6 is 0 Å². The number of hydrogen-bond donors (Lipinski definition) is 1. The van der Waals surface area contributed by atoms with E-state index in [0.29, 0.717) is 5.95 Å². The van der Waals surface area contributed by atoms with E-state index in [9.17, 15) is 0 Å². The van der Waals surface area contributed by atoms with Gasteiger partial charge in [-0.25, -0.2) is 4.68 Å². The first-order valence-electron chi connectivity index (χ1n) is 9.51. The minimum Gasteiger partial charge on any atom is -0.480 e. The summed E-state index contributed by atoms with van der Waals surface area (Å²) in [6.07, 6.45) is 4.99. The molecule has 2 aromatic carbocycles. The summed E-state index contributed by atoms with van der Waals surface area (Å²) in [6, 6.07) is 22.2. The number of pyridine rings is 1. The second-order valence-electron chi connectivity index (χ2n) is 7.08. The SMILES string of the molecule is c1ccc(C2Oc3ccccc3C3=C2C(c2cccnc2)n2ncnc2N3)cc1. The van der Waals surface area contributed by atoms with E-state index in [2.05, 4.69) is 44.6 Å². The van der Waals surface area contributed by atoms with Crippen LogP contribution in [0, 0.1) is 0 Å². The summed E-state index contributed by atoms with van der Waals surface area (Å²) in [5.74, 6) is 1.56. The molecule has 6 heteroatoms. The lowest BCUT2D eigenvalue weighted by Gasteiger charge is -2.38. The van der Waals surface area contributed by atoms with E-state index in [1.54, 1.807) is 12.5 Å². The molecule has 0 saturated carbocycles. The minimum absolute atomic E-state index is 0.170. The maximum atomic E-state index is 6.55. The monoisotopic (exact) mass is 379 g/mol. The number of para-hydroxylation sites is 1. The van der Waals surface area contributed by atoms with Crippen LogP contribution in [0.2, 0.25) is 0 Å². The number of aromatic nitrogens is 4. The van der Waals surface area contributed by atoms with Gasteiger partial charge in [0.1, 0.15) is 24.2 Å². The van der Waals surface area contributed by atoms with Crippen LogP contribution in [0.4, 0.5) is 5.95 Å². The largest absolute Gasteiger partial charge is 0.480 e. The van der Waals surface area contributed by atoms with Crippen LogP contribution in [-0.2, 0) is 0 Å². The van der Waals surface area contributed by atoms with Crippen molar-refractivity contribution in [2.75, 3.05) is 5.32 Å². The van der Waals surface area contributed by atoms with Gasteiger partial charge in [0.05, 0.1) is 5.70 Å². The molecule has 29 heavy (non-hydrogen) atoms. The Labute approximate surface area is 167 Å². The van der Waals surface area contributed by atoms with Crippen molar-refractivity contribution in [1.82, 2.24) is 19.7 Å². The van der Waals surface area contributed by atoms with E-state index in [0.717, 1.165) is 33.7 Å². The molecule has 2 unspecified atom stereocenters. The molecule has 6 rings (SSSR count). The molecule has 1 N–H and O–H groups in total. The van der Waals surface area contributed by atoms with Crippen molar-refractivity contribution in [2.45, 2.75) is 12.1 Å². The quantitative estimate of drug-likeness (QED) is 0.565. The Morgan fingerprint density at radius 1 is 0.897 bits per heavy atom. The molecule has 0 bridgehead atoms. The minimum atomic E-state index is -0.254. The molecule has 0 aliphatic carbocycles. The molecule has 2 atom stereocenters. The summed E-state index contributed by atoms with van der Waals surface area (Å²) in [5.41, 5.74) is 5.28. The van der Waals surface area contributed by atoms with E-state index in [1.165, 1.54) is 0 Å². The Balaban J connectivity index is 1.65. The van der Waals surface area contributed by atoms with Gasteiger partial charge in [-0.05, 0) is 29.3 Å². The Kier molecular flexibility index (Phi) is 3.49. The van der Waals surface area contributed by atoms with Gasteiger partial charge < -0.3 is 10.1 Å². The lowest BCUT2D eigenvalue weighted by atomic mass is 9.85. The highest BCUT2D eigenvalue weighted by Gasteiger charge is 2.40. The van der Waals surface area contributed by atoms with Gasteiger partial charge in [-0.1, -0.05) is 48.5 Å². The van der Waals surface area contributed by atoms with Gasteiger partial charge >= 0.3 is 0 Å². The molecule has 0 saturated heterocycles. The second-order valence-corrected chi connectivity index (χ2v) is 7.08. The fourth-order valence-electron chi connectivity index (χ4n) is 4.18. The van der Waals surface area contributed by atoms with Gasteiger partial charge in [-0.3, -0.25) is 4.98 Å². The standard InChI is InChI=1S/C23H17N5O/c1-2-7-15(8-3-1)22-19-20(17-10-4-5-11-18(17)29-22)27-23-25-14-26-28(23)21(19)16-9-6-12-24-13-16/h1-14,21-22H,(H,25,26,27). The van der Waals surface area contributed by atoms with E-state index < -0.39 is 0 Å². The van der Waals surface area contributed by atoms with Crippen molar-refractivity contribution in [1.29, 1.82) is 0 Å². The first-order chi connectivity index (χ1) is 14.4. The third-order valence-electron chi connectivity index (χ3n) is 5.42. The fraction of sp³-hybridized carbons (Fsp3) is 0.0870. The molecule has 4 heterocycles. The van der Waals surface area contributed by atoms with E-state index >= 15 is 0 Å². The molecule has 140 valence electrons. The van der Waals surface area contributed by atoms with Crippen molar-refractivity contribution in [3.8, 4) is 5.75 Å². The molecule has 6 nitrogen and oxygen atoms in total. The van der Waals surface area contributed by atoms with E-state index in [-0.39, 0.29) is 12.1 Å². The zero-order chi connectivity index (χ0) is 19.2. The van der Waals surface area contributed by atoms with Crippen LogP contribution in [0.1, 0.15) is 28.8 Å². The van der Waals surface area contributed by atoms with Crippen LogP contribution in [0.3, 0.4) is 0 Å². The molecule has 0 radical (unpaired) electrons. The third kappa shape index (κ3) is 2.46. The van der Waals surface area contributed by atoms with E-state index in [4.69, 9.17) is 4.74 Å². The van der Waals surface area contributed by atoms with Gasteiger partial charge in [0.2, 0.25) is 5.95 Å². The van der Waals surface area contributed by atoms with Crippen LogP contribution in [-0.4, -0.2) is 19.7 Å². The van der Waals surface area contributed by atoms with Gasteiger partial charge in [0, 0.05) is 23.5 Å². The second kappa shape index (κ2) is 6.31. The van der Waals surface area contributed by atoms with Crippen molar-refractivity contribution in [2.24, 2.45) is 0 Å². The average Bonchev–Trinajstić information content (AvgIpc) is 3.26. The highest BCUT2D eigenvalue weighted by atomic mass is 16.5. The molecule has 0 spiro atoms. The lowest BCUT2D eigenvalue weighted by molar-refractivity contribution is 0.223. The molecular weight excluding hydrogens is 362 g/mol. The summed E-state index contributed by atoms with van der Waals surface area (Å²) in [7, 11) is 0. The van der Waals surface area contributed by atoms with Crippen molar-refractivity contribution < 1.29 is 4.74 Å². The first-order valence-corrected chi connectivity index (χ1v) is 9.51. The maximum absolute atomic E-state index is 6.55. The number of nitrogens with one attached hydrogen (secondary N) is 1. The topological polar surface area (TPSA) is 64.9 Å². The number of nitrogens with zero attached hydrogens (tertiary/aromatic N) is 4. The Morgan fingerprint density at radius 2 is 1.72 bits per heavy atom. The Bertz CT molecular complexity index is 1220. The van der Waals surface area contributed by atoms with Crippen LogP contribution in [0.25, 0.3) is 5.70 Å². The highest BCUT2D eigenvalue weighted by Crippen LogP contribution is 2.50. The van der Waals surface area contributed by atoms with Crippen molar-refractivity contribution in [3.05, 3.63) is 108 Å². The molecule has 4 aromatic rings. The fourth-order valence-corrected chi connectivity index (χ4v) is 4.18. The average molecular weight is 379 g/mol. The molecule has 0 fully saturated rings. The predicted molar refractivity (Wildman–Crippen MR) is 109 cm³/mol.